The van der Waals surface area contributed by atoms with Crippen LogP contribution in [-0.2, 0) is 20.1 Å². The molecule has 7 nitrogen and oxygen atoms in total. The van der Waals surface area contributed by atoms with Crippen LogP contribution in [0.1, 0.15) is 36.2 Å². The number of likely N-dealkylation sites (tertiary alicyclic amines) is 1. The van der Waals surface area contributed by atoms with Crippen LogP contribution in [0.25, 0.3) is 0 Å². The molecule has 3 heterocycles. The van der Waals surface area contributed by atoms with Crippen molar-refractivity contribution < 1.29 is 0 Å². The fourth-order valence-electron chi connectivity index (χ4n) is 3.86. The van der Waals surface area contributed by atoms with Crippen molar-refractivity contribution in [1.29, 1.82) is 0 Å². The van der Waals surface area contributed by atoms with Crippen molar-refractivity contribution in [2.75, 3.05) is 19.6 Å². The third-order valence-corrected chi connectivity index (χ3v) is 5.39. The van der Waals surface area contributed by atoms with Crippen LogP contribution in [0.4, 0.5) is 0 Å². The van der Waals surface area contributed by atoms with E-state index in [0.717, 1.165) is 44.4 Å². The molecule has 1 aromatic carbocycles. The summed E-state index contributed by atoms with van der Waals surface area (Å²) in [5.41, 5.74) is 2.57. The Hall–Kier alpha value is -2.36. The van der Waals surface area contributed by atoms with Gasteiger partial charge in [-0.3, -0.25) is 4.68 Å². The third kappa shape index (κ3) is 5.41. The number of aromatic nitrogens is 4. The first-order valence-corrected chi connectivity index (χ1v) is 10.3. The molecule has 8 heteroatoms. The van der Waals surface area contributed by atoms with Crippen molar-refractivity contribution in [3.05, 3.63) is 72.1 Å². The molecule has 3 aromatic rings. The molecular formula is C22H30IN7. The van der Waals surface area contributed by atoms with Crippen LogP contribution in [-0.4, -0.2) is 49.8 Å². The summed E-state index contributed by atoms with van der Waals surface area (Å²) in [6.45, 7) is 6.32. The van der Waals surface area contributed by atoms with Crippen molar-refractivity contribution in [2.24, 2.45) is 12.0 Å². The highest BCUT2D eigenvalue weighted by Crippen LogP contribution is 2.26. The maximum atomic E-state index is 4.90. The summed E-state index contributed by atoms with van der Waals surface area (Å²) in [4.78, 5) is 11.8. The second kappa shape index (κ2) is 10.6. The third-order valence-electron chi connectivity index (χ3n) is 5.39. The first-order chi connectivity index (χ1) is 14.2. The molecule has 2 aromatic heterocycles. The molecule has 1 aliphatic rings. The lowest BCUT2D eigenvalue weighted by Gasteiger charge is -2.21. The Morgan fingerprint density at radius 3 is 2.83 bits per heavy atom. The van der Waals surface area contributed by atoms with E-state index < -0.39 is 0 Å². The molecule has 0 spiro atoms. The molecule has 1 aliphatic heterocycles. The van der Waals surface area contributed by atoms with E-state index in [2.05, 4.69) is 62.3 Å². The lowest BCUT2D eigenvalue weighted by molar-refractivity contribution is 0.485. The van der Waals surface area contributed by atoms with Crippen LogP contribution in [0.15, 0.2) is 60.1 Å². The molecule has 4 rings (SSSR count). The van der Waals surface area contributed by atoms with Crippen molar-refractivity contribution >= 4 is 29.9 Å². The number of aliphatic imine (C=N–C) groups is 1. The number of hydrogen-bond acceptors (Lipinski definition) is 3. The molecule has 1 atom stereocenters. The standard InChI is InChI=1S/C22H29N7.HI/c1-3-23-22(29-11-9-19(17-29)20-13-26-27(2)16-20)25-14-21-24-10-12-28(21)15-18-7-5-4-6-8-18;/h4-8,10,12-13,16,19H,3,9,11,14-15,17H2,1-2H3,(H,23,25);1H. The van der Waals surface area contributed by atoms with Crippen LogP contribution < -0.4 is 5.32 Å². The summed E-state index contributed by atoms with van der Waals surface area (Å²) in [7, 11) is 1.97. The Labute approximate surface area is 195 Å². The van der Waals surface area contributed by atoms with Gasteiger partial charge in [0.15, 0.2) is 5.96 Å². The highest BCUT2D eigenvalue weighted by atomic mass is 127. The van der Waals surface area contributed by atoms with Gasteiger partial charge in [0.25, 0.3) is 0 Å². The molecule has 160 valence electrons. The fourth-order valence-corrected chi connectivity index (χ4v) is 3.86. The van der Waals surface area contributed by atoms with E-state index >= 15 is 0 Å². The van der Waals surface area contributed by atoms with Crippen LogP contribution in [0.2, 0.25) is 0 Å². The van der Waals surface area contributed by atoms with Gasteiger partial charge in [0.1, 0.15) is 12.4 Å². The Kier molecular flexibility index (Phi) is 7.89. The van der Waals surface area contributed by atoms with Gasteiger partial charge in [-0.2, -0.15) is 5.10 Å². The molecule has 30 heavy (non-hydrogen) atoms. The molecule has 0 amide bonds. The molecular weight excluding hydrogens is 489 g/mol. The average molecular weight is 519 g/mol. The zero-order valence-electron chi connectivity index (χ0n) is 17.6. The zero-order chi connectivity index (χ0) is 20.1. The Morgan fingerprint density at radius 2 is 2.10 bits per heavy atom. The average Bonchev–Trinajstić information content (AvgIpc) is 3.47. The van der Waals surface area contributed by atoms with Gasteiger partial charge >= 0.3 is 0 Å². The number of imidazole rings is 1. The van der Waals surface area contributed by atoms with Gasteiger partial charge in [-0.25, -0.2) is 9.98 Å². The van der Waals surface area contributed by atoms with Crippen LogP contribution in [0.5, 0.6) is 0 Å². The predicted molar refractivity (Wildman–Crippen MR) is 130 cm³/mol. The lowest BCUT2D eigenvalue weighted by Crippen LogP contribution is -2.40. The number of nitrogens with one attached hydrogen (secondary N) is 1. The van der Waals surface area contributed by atoms with Crippen molar-refractivity contribution in [3.8, 4) is 0 Å². The van der Waals surface area contributed by atoms with E-state index in [1.165, 1.54) is 11.1 Å². The monoisotopic (exact) mass is 519 g/mol. The van der Waals surface area contributed by atoms with Gasteiger partial charge in [0.05, 0.1) is 6.20 Å². The highest BCUT2D eigenvalue weighted by molar-refractivity contribution is 14.0. The minimum Gasteiger partial charge on any atom is -0.357 e. The number of benzene rings is 1. The van der Waals surface area contributed by atoms with E-state index in [1.54, 1.807) is 0 Å². The molecule has 1 N–H and O–H groups in total. The second-order valence-corrected chi connectivity index (χ2v) is 7.51. The van der Waals surface area contributed by atoms with Crippen molar-refractivity contribution in [1.82, 2.24) is 29.5 Å². The summed E-state index contributed by atoms with van der Waals surface area (Å²) in [6, 6.07) is 10.5. The predicted octanol–water partition coefficient (Wildman–Crippen LogP) is 3.24. The topological polar surface area (TPSA) is 63.3 Å². The maximum absolute atomic E-state index is 4.90. The Balaban J connectivity index is 0.00000256. The molecule has 0 radical (unpaired) electrons. The quantitative estimate of drug-likeness (QED) is 0.309. The fraction of sp³-hybridized carbons (Fsp3) is 0.409. The number of guanidine groups is 1. The SMILES string of the molecule is CCNC(=NCc1nccn1Cc1ccccc1)N1CCC(c2cnn(C)c2)C1.I. The summed E-state index contributed by atoms with van der Waals surface area (Å²) in [5.74, 6) is 2.45. The van der Waals surface area contributed by atoms with E-state index in [-0.39, 0.29) is 24.0 Å². The number of nitrogens with zero attached hydrogens (tertiary/aromatic N) is 6. The molecule has 0 bridgehead atoms. The molecule has 1 fully saturated rings. The maximum Gasteiger partial charge on any atom is 0.194 e. The summed E-state index contributed by atoms with van der Waals surface area (Å²) >= 11 is 0. The Bertz CT molecular complexity index is 947. The summed E-state index contributed by atoms with van der Waals surface area (Å²) in [5, 5.41) is 7.77. The molecule has 1 unspecified atom stereocenters. The number of hydrogen-bond donors (Lipinski definition) is 1. The highest BCUT2D eigenvalue weighted by Gasteiger charge is 2.27. The smallest absolute Gasteiger partial charge is 0.194 e. The van der Waals surface area contributed by atoms with Crippen molar-refractivity contribution in [3.63, 3.8) is 0 Å². The minimum atomic E-state index is 0. The van der Waals surface area contributed by atoms with Crippen LogP contribution >= 0.6 is 24.0 Å². The summed E-state index contributed by atoms with van der Waals surface area (Å²) < 4.78 is 4.05. The van der Waals surface area contributed by atoms with Gasteiger partial charge in [-0.05, 0) is 24.5 Å². The van der Waals surface area contributed by atoms with E-state index in [1.807, 2.05) is 36.4 Å². The van der Waals surface area contributed by atoms with Gasteiger partial charge in [0.2, 0.25) is 0 Å². The first-order valence-electron chi connectivity index (χ1n) is 10.3. The molecule has 1 saturated heterocycles. The first kappa shape index (κ1) is 22.3. The van der Waals surface area contributed by atoms with Gasteiger partial charge in [-0.1, -0.05) is 30.3 Å². The number of aryl methyl sites for hydroxylation is 1. The van der Waals surface area contributed by atoms with E-state index in [0.29, 0.717) is 12.5 Å². The molecule has 0 saturated carbocycles. The second-order valence-electron chi connectivity index (χ2n) is 7.51. The number of rotatable bonds is 6. The van der Waals surface area contributed by atoms with E-state index in [9.17, 15) is 0 Å². The minimum absolute atomic E-state index is 0. The number of halogens is 1. The van der Waals surface area contributed by atoms with Gasteiger partial charge in [-0.15, -0.1) is 24.0 Å². The lowest BCUT2D eigenvalue weighted by atomic mass is 10.0. The van der Waals surface area contributed by atoms with Crippen LogP contribution in [0, 0.1) is 0 Å². The summed E-state index contributed by atoms with van der Waals surface area (Å²) in [6.07, 6.45) is 9.12. The normalized spacial score (nSPS) is 16.5. The van der Waals surface area contributed by atoms with Gasteiger partial charge < -0.3 is 14.8 Å². The largest absolute Gasteiger partial charge is 0.357 e. The van der Waals surface area contributed by atoms with Gasteiger partial charge in [0, 0.05) is 57.7 Å². The molecule has 0 aliphatic carbocycles. The zero-order valence-corrected chi connectivity index (χ0v) is 19.9. The van der Waals surface area contributed by atoms with Crippen LogP contribution in [0.3, 0.4) is 0 Å². The van der Waals surface area contributed by atoms with Crippen molar-refractivity contribution in [2.45, 2.75) is 32.4 Å². The van der Waals surface area contributed by atoms with E-state index in [4.69, 9.17) is 4.99 Å². The Morgan fingerprint density at radius 1 is 1.27 bits per heavy atom.